The fourth-order valence-electron chi connectivity index (χ4n) is 5.12. The fourth-order valence-corrected chi connectivity index (χ4v) is 5.36. The highest BCUT2D eigenvalue weighted by atomic mass is 32.1. The predicted octanol–water partition coefficient (Wildman–Crippen LogP) is 5.05. The number of ether oxygens (including phenoxy) is 1. The molecule has 31 heavy (non-hydrogen) atoms. The van der Waals surface area contributed by atoms with Gasteiger partial charge in [-0.15, -0.1) is 0 Å². The topological polar surface area (TPSA) is 41.6 Å². The Morgan fingerprint density at radius 2 is 2.06 bits per heavy atom. The molecule has 2 aliphatic carbocycles. The molecule has 0 bridgehead atoms. The first kappa shape index (κ1) is 24.1. The van der Waals surface area contributed by atoms with Gasteiger partial charge in [-0.1, -0.05) is 32.0 Å². The lowest BCUT2D eigenvalue weighted by Crippen LogP contribution is -2.47. The van der Waals surface area contributed by atoms with Crippen LogP contribution in [0, 0.1) is 11.3 Å². The Morgan fingerprint density at radius 3 is 2.65 bits per heavy atom. The van der Waals surface area contributed by atoms with Crippen molar-refractivity contribution in [2.75, 3.05) is 13.7 Å². The van der Waals surface area contributed by atoms with E-state index in [1.54, 1.807) is 7.11 Å². The lowest BCUT2D eigenvalue weighted by Gasteiger charge is -2.42. The van der Waals surface area contributed by atoms with Crippen molar-refractivity contribution in [3.63, 3.8) is 0 Å². The quantitative estimate of drug-likeness (QED) is 0.443. The van der Waals surface area contributed by atoms with E-state index in [1.165, 1.54) is 16.7 Å². The minimum Gasteiger partial charge on any atom is -0.381 e. The molecule has 7 heteroatoms. The zero-order valence-electron chi connectivity index (χ0n) is 18.7. The maximum absolute atomic E-state index is 12.9. The number of hydrogen-bond donors (Lipinski definition) is 1. The second-order valence-electron chi connectivity index (χ2n) is 9.47. The van der Waals surface area contributed by atoms with Crippen LogP contribution in [0.25, 0.3) is 0 Å². The molecule has 0 aromatic heterocycles. The highest BCUT2D eigenvalue weighted by molar-refractivity contribution is 7.80. The summed E-state index contributed by atoms with van der Waals surface area (Å²) in [6.45, 7) is 3.74. The van der Waals surface area contributed by atoms with Crippen molar-refractivity contribution in [2.45, 2.75) is 77.4 Å². The highest BCUT2D eigenvalue weighted by Gasteiger charge is 2.48. The molecule has 1 amide bonds. The van der Waals surface area contributed by atoms with Crippen molar-refractivity contribution < 1.29 is 18.3 Å². The molecule has 0 heterocycles. The fraction of sp³-hybridized carbons (Fsp3) is 0.667. The second-order valence-corrected chi connectivity index (χ2v) is 9.86. The van der Waals surface area contributed by atoms with Crippen LogP contribution in [-0.4, -0.2) is 42.6 Å². The molecular weight excluding hydrogens is 418 g/mol. The third-order valence-electron chi connectivity index (χ3n) is 6.94. The average molecular weight is 453 g/mol. The van der Waals surface area contributed by atoms with Crippen LogP contribution < -0.4 is 5.32 Å². The minimum absolute atomic E-state index is 0.0442. The summed E-state index contributed by atoms with van der Waals surface area (Å²) in [6.07, 6.45) is 4.94. The van der Waals surface area contributed by atoms with Gasteiger partial charge < -0.3 is 10.1 Å². The third-order valence-corrected chi connectivity index (χ3v) is 7.29. The van der Waals surface area contributed by atoms with Gasteiger partial charge in [0.05, 0.1) is 18.7 Å². The Bertz CT molecular complexity index is 779. The Morgan fingerprint density at radius 1 is 1.35 bits per heavy atom. The molecule has 3 rings (SSSR count). The van der Waals surface area contributed by atoms with E-state index >= 15 is 0 Å². The van der Waals surface area contributed by atoms with E-state index in [0.29, 0.717) is 12.3 Å². The largest absolute Gasteiger partial charge is 0.381 e. The van der Waals surface area contributed by atoms with Crippen molar-refractivity contribution in [3.05, 3.63) is 34.9 Å². The van der Waals surface area contributed by atoms with Gasteiger partial charge in [0.1, 0.15) is 0 Å². The summed E-state index contributed by atoms with van der Waals surface area (Å²) in [4.78, 5) is 12.3. The summed E-state index contributed by atoms with van der Waals surface area (Å²) in [5, 5.41) is 3.41. The van der Waals surface area contributed by atoms with Gasteiger partial charge >= 0.3 is 0 Å². The smallest absolute Gasteiger partial charge is 0.256 e. The summed E-state index contributed by atoms with van der Waals surface area (Å²) >= 11 is 5.40. The molecule has 1 N–H and O–H groups in total. The number of hydrogen-bond acceptors (Lipinski definition) is 3. The van der Waals surface area contributed by atoms with Crippen LogP contribution in [0.4, 0.5) is 8.78 Å². The predicted molar refractivity (Wildman–Crippen MR) is 122 cm³/mol. The van der Waals surface area contributed by atoms with Crippen LogP contribution in [0.3, 0.4) is 0 Å². The number of carbonyl (C=O) groups excluding carboxylic acids is 1. The summed E-state index contributed by atoms with van der Waals surface area (Å²) in [6, 6.07) is 6.60. The number of methoxy groups -OCH3 is 1. The van der Waals surface area contributed by atoms with Crippen LogP contribution in [0.1, 0.15) is 68.7 Å². The van der Waals surface area contributed by atoms with Gasteiger partial charge in [0.25, 0.3) is 6.43 Å². The van der Waals surface area contributed by atoms with E-state index in [0.717, 1.165) is 49.8 Å². The normalized spacial score (nSPS) is 25.1. The van der Waals surface area contributed by atoms with Crippen molar-refractivity contribution in [3.8, 4) is 0 Å². The van der Waals surface area contributed by atoms with Crippen LogP contribution >= 0.6 is 12.2 Å². The number of rotatable bonds is 8. The van der Waals surface area contributed by atoms with E-state index < -0.39 is 13.0 Å². The molecule has 1 fully saturated rings. The standard InChI is InChI=1S/C24H34F2N2O2S/c1-16(2)4-5-17-6-7-18-13-24(10-8-19(30-3)9-11-24)22(20(18)12-17)27-23(31)28(15-29)14-21(25)26/h6-7,12,15-16,19,21-22H,4-5,8-11,13-14H2,1-3H3,(H,27,31). The van der Waals surface area contributed by atoms with Gasteiger partial charge in [0.15, 0.2) is 5.11 Å². The van der Waals surface area contributed by atoms with Gasteiger partial charge in [0, 0.05) is 7.11 Å². The van der Waals surface area contributed by atoms with Gasteiger partial charge in [-0.2, -0.15) is 0 Å². The molecule has 2 aliphatic rings. The van der Waals surface area contributed by atoms with Crippen LogP contribution in [-0.2, 0) is 22.4 Å². The first-order valence-corrected chi connectivity index (χ1v) is 11.6. The zero-order chi connectivity index (χ0) is 22.6. The number of halogens is 2. The number of carbonyl (C=O) groups is 1. The number of fused-ring (bicyclic) bond motifs is 1. The number of aryl methyl sites for hydroxylation is 1. The molecule has 0 aliphatic heterocycles. The molecule has 1 saturated carbocycles. The zero-order valence-corrected chi connectivity index (χ0v) is 19.5. The molecule has 1 atom stereocenters. The van der Waals surface area contributed by atoms with E-state index in [-0.39, 0.29) is 22.7 Å². The SMILES string of the molecule is COC1CCC2(CC1)Cc1ccc(CCC(C)C)cc1C2NC(=S)N(C=O)CC(F)F. The number of benzene rings is 1. The number of nitrogens with one attached hydrogen (secondary N) is 1. The minimum atomic E-state index is -2.63. The maximum atomic E-state index is 12.9. The molecule has 4 nitrogen and oxygen atoms in total. The monoisotopic (exact) mass is 452 g/mol. The van der Waals surface area contributed by atoms with Crippen molar-refractivity contribution in [1.29, 1.82) is 0 Å². The summed E-state index contributed by atoms with van der Waals surface area (Å²) < 4.78 is 31.4. The van der Waals surface area contributed by atoms with Crippen molar-refractivity contribution >= 4 is 23.7 Å². The number of nitrogens with zero attached hydrogens (tertiary/aromatic N) is 1. The molecule has 1 aromatic rings. The van der Waals surface area contributed by atoms with E-state index in [4.69, 9.17) is 17.0 Å². The molecule has 1 unspecified atom stereocenters. The summed E-state index contributed by atoms with van der Waals surface area (Å²) in [5.41, 5.74) is 3.73. The molecule has 1 aromatic carbocycles. The lowest BCUT2D eigenvalue weighted by molar-refractivity contribution is -0.116. The van der Waals surface area contributed by atoms with Crippen molar-refractivity contribution in [1.82, 2.24) is 10.2 Å². The van der Waals surface area contributed by atoms with E-state index in [9.17, 15) is 13.6 Å². The van der Waals surface area contributed by atoms with Gasteiger partial charge in [-0.3, -0.25) is 9.69 Å². The number of amides is 1. The number of alkyl halides is 2. The van der Waals surface area contributed by atoms with Crippen LogP contribution in [0.15, 0.2) is 18.2 Å². The van der Waals surface area contributed by atoms with Crippen LogP contribution in [0.2, 0.25) is 0 Å². The van der Waals surface area contributed by atoms with Gasteiger partial charge in [-0.05, 0) is 85.2 Å². The van der Waals surface area contributed by atoms with Crippen LogP contribution in [0.5, 0.6) is 0 Å². The molecular formula is C24H34F2N2O2S. The van der Waals surface area contributed by atoms with E-state index in [2.05, 4.69) is 37.4 Å². The third kappa shape index (κ3) is 5.61. The molecule has 0 radical (unpaired) electrons. The van der Waals surface area contributed by atoms with E-state index in [1.807, 2.05) is 0 Å². The Kier molecular flexibility index (Phi) is 8.03. The van der Waals surface area contributed by atoms with Gasteiger partial charge in [0.2, 0.25) is 6.41 Å². The lowest BCUT2D eigenvalue weighted by atomic mass is 9.68. The van der Waals surface area contributed by atoms with Gasteiger partial charge in [-0.25, -0.2) is 8.78 Å². The maximum Gasteiger partial charge on any atom is 0.256 e. The average Bonchev–Trinajstić information content (AvgIpc) is 3.03. The Labute approximate surface area is 189 Å². The number of thiocarbonyl (C=S) groups is 1. The Balaban J connectivity index is 1.88. The highest BCUT2D eigenvalue weighted by Crippen LogP contribution is 2.54. The first-order chi connectivity index (χ1) is 14.8. The molecule has 1 spiro atoms. The first-order valence-electron chi connectivity index (χ1n) is 11.2. The molecule has 172 valence electrons. The van der Waals surface area contributed by atoms with Crippen molar-refractivity contribution in [2.24, 2.45) is 11.3 Å². The second kappa shape index (κ2) is 10.3. The summed E-state index contributed by atoms with van der Waals surface area (Å²) in [7, 11) is 1.75. The molecule has 0 saturated heterocycles. The Hall–Kier alpha value is -1.60. The summed E-state index contributed by atoms with van der Waals surface area (Å²) in [5.74, 6) is 0.626.